The van der Waals surface area contributed by atoms with Gasteiger partial charge in [-0.2, -0.15) is 0 Å². The highest BCUT2D eigenvalue weighted by atomic mass is 16.5. The number of hydrogen-bond acceptors (Lipinski definition) is 5. The molecule has 0 bridgehead atoms. The molecule has 0 saturated carbocycles. The van der Waals surface area contributed by atoms with Gasteiger partial charge in [0.1, 0.15) is 0 Å². The quantitative estimate of drug-likeness (QED) is 0.752. The number of ether oxygens (including phenoxy) is 2. The third-order valence-corrected chi connectivity index (χ3v) is 4.01. The van der Waals surface area contributed by atoms with Gasteiger partial charge < -0.3 is 25.4 Å². The van der Waals surface area contributed by atoms with Crippen LogP contribution in [-0.2, 0) is 9.59 Å². The Hall–Kier alpha value is -2.28. The number of methoxy groups -OCH3 is 1. The Labute approximate surface area is 142 Å². The van der Waals surface area contributed by atoms with Gasteiger partial charge in [-0.05, 0) is 25.0 Å². The van der Waals surface area contributed by atoms with Crippen molar-refractivity contribution in [2.75, 3.05) is 39.9 Å². The number of nitrogens with one attached hydrogen (secondary N) is 1. The van der Waals surface area contributed by atoms with Crippen molar-refractivity contribution in [1.29, 1.82) is 0 Å². The van der Waals surface area contributed by atoms with Crippen molar-refractivity contribution >= 4 is 11.8 Å². The number of amides is 2. The maximum absolute atomic E-state index is 12.4. The number of benzene rings is 1. The van der Waals surface area contributed by atoms with E-state index < -0.39 is 0 Å². The van der Waals surface area contributed by atoms with Crippen molar-refractivity contribution in [2.24, 2.45) is 11.7 Å². The zero-order valence-electron chi connectivity index (χ0n) is 14.0. The Morgan fingerprint density at radius 1 is 1.33 bits per heavy atom. The van der Waals surface area contributed by atoms with Crippen LogP contribution in [0.1, 0.15) is 12.8 Å². The minimum atomic E-state index is -0.180. The fraction of sp³-hybridized carbons (Fsp3) is 0.529. The second-order valence-corrected chi connectivity index (χ2v) is 5.70. The molecule has 1 heterocycles. The molecule has 7 heteroatoms. The van der Waals surface area contributed by atoms with Crippen molar-refractivity contribution < 1.29 is 19.1 Å². The van der Waals surface area contributed by atoms with Crippen molar-refractivity contribution in [3.63, 3.8) is 0 Å². The molecule has 1 aromatic carbocycles. The Bertz CT molecular complexity index is 565. The van der Waals surface area contributed by atoms with E-state index in [1.165, 1.54) is 0 Å². The summed E-state index contributed by atoms with van der Waals surface area (Å²) in [6.07, 6.45) is 1.59. The zero-order chi connectivity index (χ0) is 17.4. The van der Waals surface area contributed by atoms with E-state index in [9.17, 15) is 9.59 Å². The van der Waals surface area contributed by atoms with Crippen LogP contribution in [0.2, 0.25) is 0 Å². The van der Waals surface area contributed by atoms with Gasteiger partial charge in [0.15, 0.2) is 18.1 Å². The number of hydrogen-bond donors (Lipinski definition) is 2. The monoisotopic (exact) mass is 335 g/mol. The highest BCUT2D eigenvalue weighted by Gasteiger charge is 2.28. The van der Waals surface area contributed by atoms with E-state index in [1.54, 1.807) is 24.1 Å². The largest absolute Gasteiger partial charge is 0.493 e. The third kappa shape index (κ3) is 4.86. The van der Waals surface area contributed by atoms with Crippen LogP contribution in [0.25, 0.3) is 0 Å². The Morgan fingerprint density at radius 2 is 2.08 bits per heavy atom. The molecule has 0 aliphatic carbocycles. The molecular formula is C17H25N3O4. The van der Waals surface area contributed by atoms with Gasteiger partial charge in [0.25, 0.3) is 5.91 Å². The SMILES string of the molecule is COc1ccccc1OCC(=O)N1CCCC(C(=O)NCCN)C1. The van der Waals surface area contributed by atoms with Gasteiger partial charge >= 0.3 is 0 Å². The highest BCUT2D eigenvalue weighted by molar-refractivity contribution is 5.82. The summed E-state index contributed by atoms with van der Waals surface area (Å²) in [5.41, 5.74) is 5.39. The Kier molecular flexibility index (Phi) is 6.87. The lowest BCUT2D eigenvalue weighted by molar-refractivity contribution is -0.137. The van der Waals surface area contributed by atoms with E-state index in [4.69, 9.17) is 15.2 Å². The first-order chi connectivity index (χ1) is 11.7. The van der Waals surface area contributed by atoms with Crippen LogP contribution in [0, 0.1) is 5.92 Å². The average Bonchev–Trinajstić information content (AvgIpc) is 2.64. The summed E-state index contributed by atoms with van der Waals surface area (Å²) < 4.78 is 10.8. The fourth-order valence-corrected chi connectivity index (χ4v) is 2.73. The second kappa shape index (κ2) is 9.12. The van der Waals surface area contributed by atoms with Gasteiger partial charge in [0, 0.05) is 26.2 Å². The topological polar surface area (TPSA) is 93.9 Å². The molecule has 132 valence electrons. The van der Waals surface area contributed by atoms with Gasteiger partial charge in [-0.15, -0.1) is 0 Å². The Balaban J connectivity index is 1.86. The molecule has 1 saturated heterocycles. The summed E-state index contributed by atoms with van der Waals surface area (Å²) in [6, 6.07) is 7.19. The summed E-state index contributed by atoms with van der Waals surface area (Å²) in [6.45, 7) is 1.87. The summed E-state index contributed by atoms with van der Waals surface area (Å²) in [5, 5.41) is 2.78. The normalized spacial score (nSPS) is 17.2. The van der Waals surface area contributed by atoms with Crippen LogP contribution in [-0.4, -0.2) is 56.6 Å². The first-order valence-corrected chi connectivity index (χ1v) is 8.17. The molecule has 1 aliphatic rings. The zero-order valence-corrected chi connectivity index (χ0v) is 14.0. The molecular weight excluding hydrogens is 310 g/mol. The molecule has 1 atom stereocenters. The van der Waals surface area contributed by atoms with Crippen LogP contribution < -0.4 is 20.5 Å². The number of carbonyl (C=O) groups is 2. The van der Waals surface area contributed by atoms with Crippen LogP contribution in [0.4, 0.5) is 0 Å². The number of para-hydroxylation sites is 2. The minimum Gasteiger partial charge on any atom is -0.493 e. The van der Waals surface area contributed by atoms with Crippen LogP contribution in [0.3, 0.4) is 0 Å². The molecule has 1 aliphatic heterocycles. The molecule has 0 spiro atoms. The summed E-state index contributed by atoms with van der Waals surface area (Å²) >= 11 is 0. The van der Waals surface area contributed by atoms with Crippen molar-refractivity contribution in [2.45, 2.75) is 12.8 Å². The Morgan fingerprint density at radius 3 is 2.79 bits per heavy atom. The molecule has 3 N–H and O–H groups in total. The second-order valence-electron chi connectivity index (χ2n) is 5.70. The number of carbonyl (C=O) groups excluding carboxylic acids is 2. The lowest BCUT2D eigenvalue weighted by Gasteiger charge is -2.32. The number of likely N-dealkylation sites (tertiary alicyclic amines) is 1. The summed E-state index contributed by atoms with van der Waals surface area (Å²) in [7, 11) is 1.55. The van der Waals surface area contributed by atoms with E-state index in [0.717, 1.165) is 12.8 Å². The van der Waals surface area contributed by atoms with E-state index in [0.29, 0.717) is 37.7 Å². The molecule has 0 radical (unpaired) electrons. The van der Waals surface area contributed by atoms with E-state index >= 15 is 0 Å². The standard InChI is InChI=1S/C17H25N3O4/c1-23-14-6-2-3-7-15(14)24-12-16(21)20-10-4-5-13(11-20)17(22)19-9-8-18/h2-3,6-7,13H,4-5,8-12,18H2,1H3,(H,19,22). The number of piperidine rings is 1. The lowest BCUT2D eigenvalue weighted by atomic mass is 9.97. The molecule has 24 heavy (non-hydrogen) atoms. The molecule has 0 aromatic heterocycles. The van der Waals surface area contributed by atoms with Crippen LogP contribution >= 0.6 is 0 Å². The van der Waals surface area contributed by atoms with Crippen molar-refractivity contribution in [3.05, 3.63) is 24.3 Å². The fourth-order valence-electron chi connectivity index (χ4n) is 2.73. The van der Waals surface area contributed by atoms with Crippen molar-refractivity contribution in [1.82, 2.24) is 10.2 Å². The summed E-state index contributed by atoms with van der Waals surface area (Å²) in [5.74, 6) is 0.770. The third-order valence-electron chi connectivity index (χ3n) is 4.01. The van der Waals surface area contributed by atoms with Crippen LogP contribution in [0.15, 0.2) is 24.3 Å². The highest BCUT2D eigenvalue weighted by Crippen LogP contribution is 2.26. The van der Waals surface area contributed by atoms with Gasteiger partial charge in [0.2, 0.25) is 5.91 Å². The van der Waals surface area contributed by atoms with E-state index in [-0.39, 0.29) is 24.3 Å². The molecule has 1 fully saturated rings. The number of nitrogens with zero attached hydrogens (tertiary/aromatic N) is 1. The first kappa shape index (κ1) is 18.1. The predicted molar refractivity (Wildman–Crippen MR) is 89.9 cm³/mol. The average molecular weight is 335 g/mol. The van der Waals surface area contributed by atoms with Crippen LogP contribution in [0.5, 0.6) is 11.5 Å². The maximum Gasteiger partial charge on any atom is 0.260 e. The maximum atomic E-state index is 12.4. The smallest absolute Gasteiger partial charge is 0.260 e. The van der Waals surface area contributed by atoms with Gasteiger partial charge in [-0.3, -0.25) is 9.59 Å². The van der Waals surface area contributed by atoms with Gasteiger partial charge in [-0.25, -0.2) is 0 Å². The number of rotatable bonds is 7. The number of nitrogens with two attached hydrogens (primary N) is 1. The van der Waals surface area contributed by atoms with Crippen molar-refractivity contribution in [3.8, 4) is 11.5 Å². The molecule has 2 rings (SSSR count). The molecule has 1 unspecified atom stereocenters. The van der Waals surface area contributed by atoms with Gasteiger partial charge in [0.05, 0.1) is 13.0 Å². The lowest BCUT2D eigenvalue weighted by Crippen LogP contribution is -2.47. The summed E-state index contributed by atoms with van der Waals surface area (Å²) in [4.78, 5) is 26.1. The minimum absolute atomic E-state index is 0.0383. The molecule has 7 nitrogen and oxygen atoms in total. The van der Waals surface area contributed by atoms with E-state index in [1.807, 2.05) is 12.1 Å². The first-order valence-electron chi connectivity index (χ1n) is 8.17. The predicted octanol–water partition coefficient (Wildman–Crippen LogP) is 0.388. The van der Waals surface area contributed by atoms with E-state index in [2.05, 4.69) is 5.32 Å². The molecule has 1 aromatic rings. The molecule has 2 amide bonds. The van der Waals surface area contributed by atoms with Gasteiger partial charge in [-0.1, -0.05) is 12.1 Å².